The smallest absolute Gasteiger partial charge is 0.387 e. The highest BCUT2D eigenvalue weighted by molar-refractivity contribution is 5.99. The molecule has 39 heavy (non-hydrogen) atoms. The lowest BCUT2D eigenvalue weighted by atomic mass is 9.96. The number of alkyl halides is 2. The number of halogens is 2. The minimum absolute atomic E-state index is 0.0146. The van der Waals surface area contributed by atoms with E-state index in [-0.39, 0.29) is 48.4 Å². The molecule has 0 aromatic heterocycles. The molecule has 2 fully saturated rings. The lowest BCUT2D eigenvalue weighted by Gasteiger charge is -2.21. The van der Waals surface area contributed by atoms with Crippen LogP contribution in [0.5, 0.6) is 11.5 Å². The largest absolute Gasteiger partial charge is 0.489 e. The molecule has 5 rings (SSSR count). The average molecular weight is 543 g/mol. The molecule has 10 heteroatoms. The molecule has 1 aliphatic carbocycles. The third-order valence-corrected chi connectivity index (χ3v) is 7.88. The zero-order chi connectivity index (χ0) is 27.8. The maximum atomic E-state index is 13.1. The second-order valence-corrected chi connectivity index (χ2v) is 10.6. The number of fused-ring (bicyclic) bond motifs is 1. The van der Waals surface area contributed by atoms with Gasteiger partial charge in [-0.15, -0.1) is 0 Å². The van der Waals surface area contributed by atoms with Gasteiger partial charge in [0.1, 0.15) is 12.6 Å². The minimum atomic E-state index is -2.98. The summed E-state index contributed by atoms with van der Waals surface area (Å²) in [5.41, 5.74) is 2.99. The number of benzene rings is 2. The molecule has 1 saturated carbocycles. The van der Waals surface area contributed by atoms with Crippen LogP contribution in [0.3, 0.4) is 0 Å². The number of likely N-dealkylation sites (tertiary alicyclic amines) is 1. The van der Waals surface area contributed by atoms with Gasteiger partial charge < -0.3 is 24.0 Å². The lowest BCUT2D eigenvalue weighted by Crippen LogP contribution is -2.40. The fourth-order valence-corrected chi connectivity index (χ4v) is 5.29. The molecule has 0 N–H and O–H groups in total. The van der Waals surface area contributed by atoms with Crippen molar-refractivity contribution in [3.05, 3.63) is 58.7 Å². The Morgan fingerprint density at radius 1 is 1.10 bits per heavy atom. The van der Waals surface area contributed by atoms with Crippen LogP contribution in [0.15, 0.2) is 36.4 Å². The minimum Gasteiger partial charge on any atom is -0.489 e. The molecule has 1 saturated heterocycles. The molecular formula is C29H32F2N2O6. The summed E-state index contributed by atoms with van der Waals surface area (Å²) in [5.74, 6) is -0.482. The van der Waals surface area contributed by atoms with Crippen molar-refractivity contribution >= 4 is 17.8 Å². The van der Waals surface area contributed by atoms with Crippen LogP contribution in [0, 0.1) is 5.92 Å². The first kappa shape index (κ1) is 26.9. The van der Waals surface area contributed by atoms with E-state index < -0.39 is 18.6 Å². The molecule has 2 aliphatic heterocycles. The number of esters is 1. The van der Waals surface area contributed by atoms with Gasteiger partial charge in [0.25, 0.3) is 5.91 Å². The lowest BCUT2D eigenvalue weighted by molar-refractivity contribution is -0.154. The van der Waals surface area contributed by atoms with E-state index in [1.54, 1.807) is 30.1 Å². The molecule has 3 atom stereocenters. The van der Waals surface area contributed by atoms with E-state index in [9.17, 15) is 23.2 Å². The molecule has 208 valence electrons. The molecule has 2 aromatic rings. The number of hydrogen-bond donors (Lipinski definition) is 0. The number of rotatable bonds is 9. The van der Waals surface area contributed by atoms with E-state index in [0.717, 1.165) is 24.0 Å². The van der Waals surface area contributed by atoms with Gasteiger partial charge in [-0.1, -0.05) is 18.2 Å². The highest BCUT2D eigenvalue weighted by Gasteiger charge is 2.40. The van der Waals surface area contributed by atoms with Crippen molar-refractivity contribution in [3.63, 3.8) is 0 Å². The van der Waals surface area contributed by atoms with Gasteiger partial charge in [0.05, 0.1) is 12.6 Å². The second kappa shape index (κ2) is 10.8. The molecule has 2 amide bonds. The average Bonchev–Trinajstić information content (AvgIpc) is 3.59. The molecule has 0 bridgehead atoms. The van der Waals surface area contributed by atoms with E-state index in [1.165, 1.54) is 17.9 Å². The first-order chi connectivity index (χ1) is 18.6. The molecule has 2 unspecified atom stereocenters. The van der Waals surface area contributed by atoms with E-state index in [0.29, 0.717) is 30.1 Å². The van der Waals surface area contributed by atoms with Crippen LogP contribution < -0.4 is 9.47 Å². The summed E-state index contributed by atoms with van der Waals surface area (Å²) < 4.78 is 41.9. The Morgan fingerprint density at radius 2 is 1.87 bits per heavy atom. The summed E-state index contributed by atoms with van der Waals surface area (Å²) in [6.07, 6.45) is 2.41. The quantitative estimate of drug-likeness (QED) is 0.428. The van der Waals surface area contributed by atoms with Crippen molar-refractivity contribution in [2.45, 2.75) is 64.3 Å². The number of hydrogen-bond acceptors (Lipinski definition) is 6. The number of carbonyl (C=O) groups is 3. The zero-order valence-corrected chi connectivity index (χ0v) is 22.2. The van der Waals surface area contributed by atoms with E-state index >= 15 is 0 Å². The van der Waals surface area contributed by atoms with E-state index in [4.69, 9.17) is 9.47 Å². The fourth-order valence-electron chi connectivity index (χ4n) is 5.29. The Balaban J connectivity index is 1.28. The Hall–Kier alpha value is -3.69. The van der Waals surface area contributed by atoms with Crippen LogP contribution >= 0.6 is 0 Å². The van der Waals surface area contributed by atoms with Gasteiger partial charge in [-0.2, -0.15) is 8.78 Å². The summed E-state index contributed by atoms with van der Waals surface area (Å²) >= 11 is 0. The van der Waals surface area contributed by atoms with E-state index in [1.807, 2.05) is 19.1 Å². The van der Waals surface area contributed by atoms with Crippen molar-refractivity contribution in [1.29, 1.82) is 0 Å². The fraction of sp³-hybridized carbons (Fsp3) is 0.483. The molecule has 3 aliphatic rings. The van der Waals surface area contributed by atoms with Gasteiger partial charge in [0.15, 0.2) is 11.5 Å². The first-order valence-electron chi connectivity index (χ1n) is 13.2. The number of ether oxygens (including phenoxy) is 3. The monoisotopic (exact) mass is 542 g/mol. The maximum absolute atomic E-state index is 13.1. The molecule has 0 radical (unpaired) electrons. The maximum Gasteiger partial charge on any atom is 0.387 e. The van der Waals surface area contributed by atoms with Crippen LogP contribution in [0.25, 0.3) is 0 Å². The number of nitrogens with zero attached hydrogens (tertiary/aromatic N) is 2. The summed E-state index contributed by atoms with van der Waals surface area (Å²) in [6.45, 7) is 1.05. The van der Waals surface area contributed by atoms with Gasteiger partial charge in [-0.05, 0) is 67.0 Å². The Labute approximate surface area is 225 Å². The van der Waals surface area contributed by atoms with Crippen molar-refractivity contribution in [1.82, 2.24) is 9.80 Å². The van der Waals surface area contributed by atoms with Crippen molar-refractivity contribution in [2.75, 3.05) is 20.2 Å². The predicted octanol–water partition coefficient (Wildman–Crippen LogP) is 4.67. The Morgan fingerprint density at radius 3 is 2.56 bits per heavy atom. The molecular weight excluding hydrogens is 510 g/mol. The van der Waals surface area contributed by atoms with Crippen molar-refractivity contribution < 1.29 is 37.4 Å². The third-order valence-electron chi connectivity index (χ3n) is 7.88. The molecule has 2 aromatic carbocycles. The molecule has 8 nitrogen and oxygen atoms in total. The predicted molar refractivity (Wildman–Crippen MR) is 137 cm³/mol. The van der Waals surface area contributed by atoms with Gasteiger partial charge in [0.2, 0.25) is 5.91 Å². The third kappa shape index (κ3) is 5.69. The zero-order valence-electron chi connectivity index (χ0n) is 22.2. The molecule has 2 heterocycles. The number of amides is 2. The van der Waals surface area contributed by atoms with Gasteiger partial charge in [0, 0.05) is 32.0 Å². The molecule has 0 spiro atoms. The normalized spacial score (nSPS) is 22.3. The van der Waals surface area contributed by atoms with Crippen molar-refractivity contribution in [3.8, 4) is 11.5 Å². The van der Waals surface area contributed by atoms with Gasteiger partial charge in [-0.3, -0.25) is 9.59 Å². The van der Waals surface area contributed by atoms with Crippen LogP contribution in [-0.2, 0) is 20.9 Å². The summed E-state index contributed by atoms with van der Waals surface area (Å²) in [5, 5.41) is 0. The van der Waals surface area contributed by atoms with Crippen LogP contribution in [0.4, 0.5) is 8.78 Å². The van der Waals surface area contributed by atoms with E-state index in [2.05, 4.69) is 4.74 Å². The Kier molecular flexibility index (Phi) is 7.46. The highest BCUT2D eigenvalue weighted by atomic mass is 19.3. The van der Waals surface area contributed by atoms with Crippen LogP contribution in [0.2, 0.25) is 0 Å². The van der Waals surface area contributed by atoms with Gasteiger partial charge >= 0.3 is 12.6 Å². The second-order valence-electron chi connectivity index (χ2n) is 10.6. The van der Waals surface area contributed by atoms with Crippen LogP contribution in [0.1, 0.15) is 72.1 Å². The summed E-state index contributed by atoms with van der Waals surface area (Å²) in [4.78, 5) is 41.2. The highest BCUT2D eigenvalue weighted by Crippen LogP contribution is 2.39. The summed E-state index contributed by atoms with van der Waals surface area (Å²) in [6, 6.07) is 9.43. The summed E-state index contributed by atoms with van der Waals surface area (Å²) in [7, 11) is 1.75. The Bertz CT molecular complexity index is 1280. The van der Waals surface area contributed by atoms with Crippen molar-refractivity contribution in [2.24, 2.45) is 5.92 Å². The number of carbonyl (C=O) groups excluding carboxylic acids is 3. The SMILES string of the molecule is CC(=O)N1CC(c2ccc(OC(F)F)c(OCC3CC3)c2)C[C@@H]1C(=O)OCc1ccc2c(c1)C(=O)N(C)C2C. The van der Waals surface area contributed by atoms with Gasteiger partial charge in [-0.25, -0.2) is 4.79 Å². The van der Waals surface area contributed by atoms with Crippen LogP contribution in [-0.4, -0.2) is 60.4 Å². The standard InChI is InChI=1S/C29H32F2N2O6/c1-16-22-8-6-19(10-23(22)27(35)32(16)3)15-38-28(36)24-11-21(13-33(24)17(2)34)20-7-9-25(39-29(30)31)26(12-20)37-14-18-4-5-18/h6-10,12,16,18,21,24,29H,4-5,11,13-15H2,1-3H3/t16?,21?,24-/m1/s1. The first-order valence-corrected chi connectivity index (χ1v) is 13.2. The topological polar surface area (TPSA) is 85.4 Å².